The Hall–Kier alpha value is -2.64. The van der Waals surface area contributed by atoms with Crippen LogP contribution in [-0.2, 0) is 0 Å². The number of fused-ring (bicyclic) bond motifs is 3. The topological polar surface area (TPSA) is 58.1 Å². The normalized spacial score (nSPS) is 11.1. The van der Waals surface area contributed by atoms with Crippen LogP contribution in [0.3, 0.4) is 0 Å². The largest absolute Gasteiger partial charge is 0.344 e. The van der Waals surface area contributed by atoms with E-state index in [1.54, 1.807) is 30.8 Å². The van der Waals surface area contributed by atoms with Gasteiger partial charge in [-0.05, 0) is 42.7 Å². The van der Waals surface area contributed by atoms with E-state index < -0.39 is 0 Å². The van der Waals surface area contributed by atoms with Crippen molar-refractivity contribution in [3.8, 4) is 0 Å². The van der Waals surface area contributed by atoms with E-state index in [0.29, 0.717) is 10.8 Å². The number of hydrogen-bond acceptors (Lipinski definition) is 6. The molecule has 4 aromatic rings. The highest BCUT2D eigenvalue weighted by molar-refractivity contribution is 7.98. The standard InChI is InChI=1S/C20H18N4OS2/c1-24(2)19(25)17-10-15-16(27-17)8-7-12-11-21-20(23-18(12)15)22-13-5-4-6-14(9-13)26-3/h4-11H,1-3H3,(H,21,22,23). The van der Waals surface area contributed by atoms with Crippen LogP contribution in [0, 0.1) is 0 Å². The van der Waals surface area contributed by atoms with Crippen LogP contribution >= 0.6 is 23.1 Å². The summed E-state index contributed by atoms with van der Waals surface area (Å²) in [6, 6.07) is 14.1. The van der Waals surface area contributed by atoms with Crippen molar-refractivity contribution in [2.75, 3.05) is 25.7 Å². The van der Waals surface area contributed by atoms with Gasteiger partial charge in [0.25, 0.3) is 5.91 Å². The molecule has 0 spiro atoms. The number of rotatable bonds is 4. The van der Waals surface area contributed by atoms with Crippen molar-refractivity contribution >= 4 is 61.6 Å². The predicted molar refractivity (Wildman–Crippen MR) is 114 cm³/mol. The molecule has 2 aromatic heterocycles. The summed E-state index contributed by atoms with van der Waals surface area (Å²) in [7, 11) is 3.52. The zero-order valence-electron chi connectivity index (χ0n) is 15.2. The third-order valence-electron chi connectivity index (χ3n) is 4.19. The van der Waals surface area contributed by atoms with E-state index in [9.17, 15) is 4.79 Å². The highest BCUT2D eigenvalue weighted by atomic mass is 32.2. The number of benzene rings is 2. The van der Waals surface area contributed by atoms with Gasteiger partial charge in [0.05, 0.1) is 10.4 Å². The second kappa shape index (κ2) is 7.17. The SMILES string of the molecule is CSc1cccc(Nc2ncc3ccc4sc(C(=O)N(C)C)cc4c3n2)c1. The van der Waals surface area contributed by atoms with Crippen molar-refractivity contribution in [3.63, 3.8) is 0 Å². The summed E-state index contributed by atoms with van der Waals surface area (Å²) in [5, 5.41) is 5.21. The van der Waals surface area contributed by atoms with Gasteiger partial charge in [0.2, 0.25) is 5.95 Å². The number of thiophene rings is 1. The summed E-state index contributed by atoms with van der Waals surface area (Å²) >= 11 is 3.18. The molecular formula is C20H18N4OS2. The first kappa shape index (κ1) is 17.8. The third-order valence-corrected chi connectivity index (χ3v) is 6.00. The van der Waals surface area contributed by atoms with E-state index >= 15 is 0 Å². The molecule has 2 aromatic carbocycles. The van der Waals surface area contributed by atoms with Crippen LogP contribution in [0.1, 0.15) is 9.67 Å². The molecule has 4 rings (SSSR count). The molecule has 0 unspecified atom stereocenters. The molecular weight excluding hydrogens is 376 g/mol. The first-order chi connectivity index (χ1) is 13.0. The maximum atomic E-state index is 12.3. The Morgan fingerprint density at radius 3 is 2.81 bits per heavy atom. The molecule has 136 valence electrons. The smallest absolute Gasteiger partial charge is 0.263 e. The van der Waals surface area contributed by atoms with Crippen molar-refractivity contribution in [2.45, 2.75) is 4.90 Å². The molecule has 0 saturated carbocycles. The van der Waals surface area contributed by atoms with Gasteiger partial charge in [-0.2, -0.15) is 0 Å². The summed E-state index contributed by atoms with van der Waals surface area (Å²) < 4.78 is 1.04. The van der Waals surface area contributed by atoms with Crippen molar-refractivity contribution in [3.05, 3.63) is 53.5 Å². The van der Waals surface area contributed by atoms with E-state index in [2.05, 4.69) is 22.4 Å². The molecule has 0 saturated heterocycles. The fourth-order valence-corrected chi connectivity index (χ4v) is 4.37. The number of carbonyl (C=O) groups is 1. The predicted octanol–water partition coefficient (Wildman–Crippen LogP) is 5.01. The van der Waals surface area contributed by atoms with E-state index in [4.69, 9.17) is 4.98 Å². The van der Waals surface area contributed by atoms with Crippen LogP contribution in [0.5, 0.6) is 0 Å². The molecule has 0 radical (unpaired) electrons. The average Bonchev–Trinajstić information content (AvgIpc) is 3.12. The molecule has 5 nitrogen and oxygen atoms in total. The summed E-state index contributed by atoms with van der Waals surface area (Å²) in [6.45, 7) is 0. The Balaban J connectivity index is 1.77. The van der Waals surface area contributed by atoms with Gasteiger partial charge < -0.3 is 10.2 Å². The fraction of sp³-hybridized carbons (Fsp3) is 0.150. The van der Waals surface area contributed by atoms with Gasteiger partial charge in [-0.3, -0.25) is 4.79 Å². The molecule has 0 aliphatic rings. The van der Waals surface area contributed by atoms with Gasteiger partial charge in [0.1, 0.15) is 0 Å². The zero-order chi connectivity index (χ0) is 19.0. The molecule has 27 heavy (non-hydrogen) atoms. The minimum Gasteiger partial charge on any atom is -0.344 e. The van der Waals surface area contributed by atoms with Crippen molar-refractivity contribution in [1.82, 2.24) is 14.9 Å². The third kappa shape index (κ3) is 3.48. The maximum Gasteiger partial charge on any atom is 0.263 e. The van der Waals surface area contributed by atoms with Crippen molar-refractivity contribution < 1.29 is 4.79 Å². The monoisotopic (exact) mass is 394 g/mol. The Kier molecular flexibility index (Phi) is 4.72. The van der Waals surface area contributed by atoms with Crippen LogP contribution in [0.15, 0.2) is 53.6 Å². The number of nitrogens with zero attached hydrogens (tertiary/aromatic N) is 3. The van der Waals surface area contributed by atoms with Crippen molar-refractivity contribution in [1.29, 1.82) is 0 Å². The van der Waals surface area contributed by atoms with Crippen LogP contribution in [0.25, 0.3) is 21.0 Å². The number of aromatic nitrogens is 2. The van der Waals surface area contributed by atoms with Gasteiger partial charge >= 0.3 is 0 Å². The molecule has 1 amide bonds. The second-order valence-corrected chi connectivity index (χ2v) is 8.24. The summed E-state index contributed by atoms with van der Waals surface area (Å²) in [6.07, 6.45) is 3.86. The van der Waals surface area contributed by atoms with Crippen LogP contribution in [-0.4, -0.2) is 41.1 Å². The molecule has 0 bridgehead atoms. The molecule has 7 heteroatoms. The maximum absolute atomic E-state index is 12.3. The van der Waals surface area contributed by atoms with Gasteiger partial charge in [0.15, 0.2) is 0 Å². The van der Waals surface area contributed by atoms with Gasteiger partial charge in [-0.1, -0.05) is 6.07 Å². The Bertz CT molecular complexity index is 1150. The lowest BCUT2D eigenvalue weighted by Crippen LogP contribution is -2.20. The molecule has 0 fully saturated rings. The minimum absolute atomic E-state index is 0.00522. The Morgan fingerprint density at radius 2 is 2.04 bits per heavy atom. The lowest BCUT2D eigenvalue weighted by Gasteiger charge is -2.07. The molecule has 0 aliphatic heterocycles. The fourth-order valence-electron chi connectivity index (χ4n) is 2.82. The van der Waals surface area contributed by atoms with Gasteiger partial charge in [-0.25, -0.2) is 9.97 Å². The molecule has 1 N–H and O–H groups in total. The highest BCUT2D eigenvalue weighted by Gasteiger charge is 2.14. The number of thioether (sulfide) groups is 1. The summed E-state index contributed by atoms with van der Waals surface area (Å²) in [5.41, 5.74) is 1.79. The van der Waals surface area contributed by atoms with Crippen LogP contribution in [0.2, 0.25) is 0 Å². The zero-order valence-corrected chi connectivity index (χ0v) is 16.8. The molecule has 2 heterocycles. The van der Waals surface area contributed by atoms with Crippen LogP contribution < -0.4 is 5.32 Å². The lowest BCUT2D eigenvalue weighted by molar-refractivity contribution is 0.0832. The first-order valence-corrected chi connectivity index (χ1v) is 10.4. The number of nitrogens with one attached hydrogen (secondary N) is 1. The van der Waals surface area contributed by atoms with E-state index in [-0.39, 0.29) is 5.91 Å². The first-order valence-electron chi connectivity index (χ1n) is 8.37. The Labute approximate surface area is 165 Å². The number of hydrogen-bond donors (Lipinski definition) is 1. The molecule has 0 aliphatic carbocycles. The highest BCUT2D eigenvalue weighted by Crippen LogP contribution is 2.32. The summed E-state index contributed by atoms with van der Waals surface area (Å²) in [5.74, 6) is 0.547. The number of carbonyl (C=O) groups excluding carboxylic acids is 1. The quantitative estimate of drug-likeness (QED) is 0.493. The van der Waals surface area contributed by atoms with Gasteiger partial charge in [-0.15, -0.1) is 23.1 Å². The van der Waals surface area contributed by atoms with E-state index in [1.165, 1.54) is 16.2 Å². The average molecular weight is 395 g/mol. The second-order valence-electron chi connectivity index (χ2n) is 6.28. The van der Waals surface area contributed by atoms with Gasteiger partial charge in [0, 0.05) is 46.3 Å². The Morgan fingerprint density at radius 1 is 1.19 bits per heavy atom. The molecule has 0 atom stereocenters. The van der Waals surface area contributed by atoms with Crippen molar-refractivity contribution in [2.24, 2.45) is 0 Å². The minimum atomic E-state index is 0.00522. The van der Waals surface area contributed by atoms with E-state index in [0.717, 1.165) is 26.7 Å². The van der Waals surface area contributed by atoms with E-state index in [1.807, 2.05) is 42.8 Å². The lowest BCUT2D eigenvalue weighted by atomic mass is 10.2. The number of anilines is 2. The number of amides is 1. The van der Waals surface area contributed by atoms with Crippen LogP contribution in [0.4, 0.5) is 11.6 Å². The summed E-state index contributed by atoms with van der Waals surface area (Å²) in [4.78, 5) is 24.9.